The first kappa shape index (κ1) is 8.74. The number of aldehydes is 2. The molecule has 0 fully saturated rings. The van der Waals surface area contributed by atoms with Crippen LogP contribution >= 0.6 is 0 Å². The van der Waals surface area contributed by atoms with Crippen LogP contribution in [0.2, 0.25) is 0 Å². The maximum absolute atomic E-state index is 10.7. The van der Waals surface area contributed by atoms with Gasteiger partial charge in [0, 0.05) is 17.5 Å². The molecule has 4 nitrogen and oxygen atoms in total. The Hall–Kier alpha value is -1.84. The summed E-state index contributed by atoms with van der Waals surface area (Å²) in [6.45, 7) is 0.437. The van der Waals surface area contributed by atoms with E-state index in [4.69, 9.17) is 4.74 Å². The summed E-state index contributed by atoms with van der Waals surface area (Å²) >= 11 is 0. The molecule has 1 heterocycles. The van der Waals surface area contributed by atoms with E-state index in [1.807, 2.05) is 0 Å². The molecule has 1 aliphatic heterocycles. The van der Waals surface area contributed by atoms with Crippen molar-refractivity contribution in [2.45, 2.75) is 6.42 Å². The Bertz CT molecular complexity index is 409. The summed E-state index contributed by atoms with van der Waals surface area (Å²) in [7, 11) is 0. The molecule has 0 unspecified atom stereocenters. The van der Waals surface area contributed by atoms with Gasteiger partial charge in [-0.3, -0.25) is 9.59 Å². The van der Waals surface area contributed by atoms with Crippen molar-refractivity contribution < 1.29 is 19.4 Å². The number of carbonyl (C=O) groups excluding carboxylic acids is 2. The van der Waals surface area contributed by atoms with E-state index in [2.05, 4.69) is 0 Å². The monoisotopic (exact) mass is 192 g/mol. The molecule has 0 bridgehead atoms. The quantitative estimate of drug-likeness (QED) is 0.708. The Kier molecular flexibility index (Phi) is 1.96. The highest BCUT2D eigenvalue weighted by molar-refractivity contribution is 5.94. The molecule has 0 aliphatic carbocycles. The molecule has 0 radical (unpaired) electrons. The van der Waals surface area contributed by atoms with Gasteiger partial charge in [0.15, 0.2) is 12.6 Å². The highest BCUT2D eigenvalue weighted by Crippen LogP contribution is 2.37. The van der Waals surface area contributed by atoms with Crippen LogP contribution in [0.4, 0.5) is 0 Å². The van der Waals surface area contributed by atoms with Gasteiger partial charge in [-0.2, -0.15) is 0 Å². The Balaban J connectivity index is 2.73. The Morgan fingerprint density at radius 3 is 2.79 bits per heavy atom. The minimum Gasteiger partial charge on any atom is -0.508 e. The van der Waals surface area contributed by atoms with E-state index in [-0.39, 0.29) is 16.9 Å². The molecule has 0 saturated heterocycles. The molecule has 14 heavy (non-hydrogen) atoms. The summed E-state index contributed by atoms with van der Waals surface area (Å²) in [6.07, 6.45) is 1.68. The molecule has 0 amide bonds. The van der Waals surface area contributed by atoms with Gasteiger partial charge in [0.2, 0.25) is 0 Å². The van der Waals surface area contributed by atoms with E-state index in [1.165, 1.54) is 6.07 Å². The number of ether oxygens (including phenoxy) is 1. The Morgan fingerprint density at radius 1 is 1.36 bits per heavy atom. The van der Waals surface area contributed by atoms with Crippen LogP contribution in [0.15, 0.2) is 6.07 Å². The molecule has 0 aromatic heterocycles. The average Bonchev–Trinajstić information content (AvgIpc) is 2.66. The van der Waals surface area contributed by atoms with Crippen molar-refractivity contribution in [1.82, 2.24) is 0 Å². The normalized spacial score (nSPS) is 13.1. The van der Waals surface area contributed by atoms with E-state index in [0.717, 1.165) is 0 Å². The van der Waals surface area contributed by atoms with Gasteiger partial charge in [-0.1, -0.05) is 0 Å². The van der Waals surface area contributed by atoms with Gasteiger partial charge in [-0.05, 0) is 6.07 Å². The van der Waals surface area contributed by atoms with Crippen LogP contribution in [-0.4, -0.2) is 24.3 Å². The van der Waals surface area contributed by atoms with Crippen LogP contribution in [0.1, 0.15) is 26.3 Å². The number of phenols is 1. The molecule has 4 heteroatoms. The Morgan fingerprint density at radius 2 is 2.14 bits per heavy atom. The lowest BCUT2D eigenvalue weighted by Gasteiger charge is -2.06. The molecule has 1 aromatic carbocycles. The standard InChI is InChI=1S/C10H8O4/c11-4-6-3-9(13)7-1-2-14-10(7)8(6)5-12/h3-5,13H,1-2H2. The molecule has 1 N–H and O–H groups in total. The van der Waals surface area contributed by atoms with E-state index in [1.54, 1.807) is 0 Å². The number of aromatic hydroxyl groups is 1. The van der Waals surface area contributed by atoms with E-state index >= 15 is 0 Å². The third kappa shape index (κ3) is 1.08. The fourth-order valence-electron chi connectivity index (χ4n) is 1.60. The molecule has 1 aliphatic rings. The highest BCUT2D eigenvalue weighted by Gasteiger charge is 2.22. The van der Waals surface area contributed by atoms with Gasteiger partial charge in [0.1, 0.15) is 11.5 Å². The lowest BCUT2D eigenvalue weighted by atomic mass is 10.0. The van der Waals surface area contributed by atoms with Crippen molar-refractivity contribution >= 4 is 12.6 Å². The van der Waals surface area contributed by atoms with Crippen LogP contribution in [0.25, 0.3) is 0 Å². The second-order valence-corrected chi connectivity index (χ2v) is 3.04. The van der Waals surface area contributed by atoms with Crippen molar-refractivity contribution in [3.05, 3.63) is 22.8 Å². The van der Waals surface area contributed by atoms with Gasteiger partial charge in [-0.25, -0.2) is 0 Å². The number of rotatable bonds is 2. The van der Waals surface area contributed by atoms with Crippen molar-refractivity contribution in [2.24, 2.45) is 0 Å². The fraction of sp³-hybridized carbons (Fsp3) is 0.200. The summed E-state index contributed by atoms with van der Waals surface area (Å²) in [4.78, 5) is 21.3. The predicted molar refractivity (Wildman–Crippen MR) is 48.1 cm³/mol. The smallest absolute Gasteiger partial charge is 0.154 e. The fourth-order valence-corrected chi connectivity index (χ4v) is 1.60. The molecular formula is C10H8O4. The molecule has 2 rings (SSSR count). The zero-order valence-electron chi connectivity index (χ0n) is 7.32. The van der Waals surface area contributed by atoms with Crippen molar-refractivity contribution in [3.8, 4) is 11.5 Å². The molecule has 72 valence electrons. The number of hydrogen-bond acceptors (Lipinski definition) is 4. The third-order valence-corrected chi connectivity index (χ3v) is 2.27. The topological polar surface area (TPSA) is 63.6 Å². The zero-order chi connectivity index (χ0) is 10.1. The molecule has 0 spiro atoms. The summed E-state index contributed by atoms with van der Waals surface area (Å²) in [5.41, 5.74) is 1.00. The van der Waals surface area contributed by atoms with Crippen LogP contribution in [0, 0.1) is 0 Å². The first-order chi connectivity index (χ1) is 6.77. The van der Waals surface area contributed by atoms with Crippen LogP contribution in [0.5, 0.6) is 11.5 Å². The minimum absolute atomic E-state index is 0.0187. The SMILES string of the molecule is O=Cc1cc(O)c2c(c1C=O)OCC2. The largest absolute Gasteiger partial charge is 0.508 e. The summed E-state index contributed by atoms with van der Waals surface area (Å²) in [6, 6.07) is 1.30. The number of hydrogen-bond donors (Lipinski definition) is 1. The van der Waals surface area contributed by atoms with Crippen LogP contribution in [0.3, 0.4) is 0 Å². The van der Waals surface area contributed by atoms with Crippen LogP contribution in [-0.2, 0) is 6.42 Å². The predicted octanol–water partition coefficient (Wildman–Crippen LogP) is 0.952. The van der Waals surface area contributed by atoms with Gasteiger partial charge in [-0.15, -0.1) is 0 Å². The first-order valence-electron chi connectivity index (χ1n) is 4.20. The lowest BCUT2D eigenvalue weighted by molar-refractivity contribution is 0.109. The van der Waals surface area contributed by atoms with Gasteiger partial charge in [0.25, 0.3) is 0 Å². The summed E-state index contributed by atoms with van der Waals surface area (Å²) < 4.78 is 5.19. The maximum atomic E-state index is 10.7. The van der Waals surface area contributed by atoms with Gasteiger partial charge in [0.05, 0.1) is 12.2 Å². The van der Waals surface area contributed by atoms with Gasteiger partial charge >= 0.3 is 0 Å². The molecule has 1 aromatic rings. The molecular weight excluding hydrogens is 184 g/mol. The highest BCUT2D eigenvalue weighted by atomic mass is 16.5. The number of carbonyl (C=O) groups is 2. The second kappa shape index (κ2) is 3.14. The molecule has 0 atom stereocenters. The Labute approximate surface area is 80.1 Å². The van der Waals surface area contributed by atoms with E-state index in [0.29, 0.717) is 36.9 Å². The summed E-state index contributed by atoms with van der Waals surface area (Å²) in [5, 5.41) is 9.51. The molecule has 0 saturated carbocycles. The first-order valence-corrected chi connectivity index (χ1v) is 4.20. The number of fused-ring (bicyclic) bond motifs is 1. The maximum Gasteiger partial charge on any atom is 0.154 e. The third-order valence-electron chi connectivity index (χ3n) is 2.27. The van der Waals surface area contributed by atoms with Gasteiger partial charge < -0.3 is 9.84 Å². The van der Waals surface area contributed by atoms with Crippen LogP contribution < -0.4 is 4.74 Å². The number of benzene rings is 1. The average molecular weight is 192 g/mol. The second-order valence-electron chi connectivity index (χ2n) is 3.04. The zero-order valence-corrected chi connectivity index (χ0v) is 7.32. The van der Waals surface area contributed by atoms with Crippen molar-refractivity contribution in [3.63, 3.8) is 0 Å². The van der Waals surface area contributed by atoms with Crippen molar-refractivity contribution in [2.75, 3.05) is 6.61 Å². The lowest BCUT2D eigenvalue weighted by Crippen LogP contribution is -1.96. The minimum atomic E-state index is 0.0187. The van der Waals surface area contributed by atoms with E-state index < -0.39 is 0 Å². The number of phenolic OH excluding ortho intramolecular Hbond substituents is 1. The summed E-state index contributed by atoms with van der Waals surface area (Å²) in [5.74, 6) is 0.368. The van der Waals surface area contributed by atoms with E-state index in [9.17, 15) is 14.7 Å². The van der Waals surface area contributed by atoms with Crippen molar-refractivity contribution in [1.29, 1.82) is 0 Å².